The predicted molar refractivity (Wildman–Crippen MR) is 122 cm³/mol. The van der Waals surface area contributed by atoms with Crippen LogP contribution in [0.4, 0.5) is 10.1 Å². The van der Waals surface area contributed by atoms with Gasteiger partial charge in [-0.3, -0.25) is 14.6 Å². The maximum atomic E-state index is 13.9. The lowest BCUT2D eigenvalue weighted by Crippen LogP contribution is -2.52. The van der Waals surface area contributed by atoms with Crippen LogP contribution in [-0.4, -0.2) is 55.0 Å². The first-order valence-electron chi connectivity index (χ1n) is 10.6. The second-order valence-corrected chi connectivity index (χ2v) is 7.97. The first kappa shape index (κ1) is 21.3. The van der Waals surface area contributed by atoms with Crippen LogP contribution in [0.3, 0.4) is 0 Å². The number of rotatable bonds is 6. The monoisotopic (exact) mass is 421 g/mol. The third-order valence-electron chi connectivity index (χ3n) is 6.00. The average molecular weight is 422 g/mol. The number of benzene rings is 3. The van der Waals surface area contributed by atoms with Gasteiger partial charge in [0.15, 0.2) is 11.6 Å². The molecule has 1 fully saturated rings. The van der Waals surface area contributed by atoms with Gasteiger partial charge in [0.1, 0.15) is 0 Å². The van der Waals surface area contributed by atoms with Crippen molar-refractivity contribution in [3.8, 4) is 5.75 Å². The van der Waals surface area contributed by atoms with E-state index in [1.807, 2.05) is 55.5 Å². The van der Waals surface area contributed by atoms with Crippen molar-refractivity contribution in [1.82, 2.24) is 9.80 Å². The largest absolute Gasteiger partial charge is 0.494 e. The fourth-order valence-corrected chi connectivity index (χ4v) is 4.11. The Bertz CT molecular complexity index is 1060. The molecule has 1 heterocycles. The van der Waals surface area contributed by atoms with E-state index in [4.69, 9.17) is 4.74 Å². The minimum atomic E-state index is -0.336. The first-order chi connectivity index (χ1) is 15.0. The van der Waals surface area contributed by atoms with Gasteiger partial charge in [0.05, 0.1) is 13.2 Å². The minimum Gasteiger partial charge on any atom is -0.494 e. The van der Waals surface area contributed by atoms with Gasteiger partial charge in [-0.25, -0.2) is 4.39 Å². The van der Waals surface area contributed by atoms with Crippen LogP contribution in [0.25, 0.3) is 10.8 Å². The molecule has 1 saturated heterocycles. The first-order valence-corrected chi connectivity index (χ1v) is 10.6. The Morgan fingerprint density at radius 2 is 1.81 bits per heavy atom. The molecule has 0 aliphatic carbocycles. The van der Waals surface area contributed by atoms with Crippen LogP contribution in [0.1, 0.15) is 12.5 Å². The molecule has 0 saturated carbocycles. The summed E-state index contributed by atoms with van der Waals surface area (Å²) >= 11 is 0. The van der Waals surface area contributed by atoms with Crippen molar-refractivity contribution in [3.05, 3.63) is 72.0 Å². The number of hydrogen-bond acceptors (Lipinski definition) is 4. The lowest BCUT2D eigenvalue weighted by atomic mass is 10.1. The number of amides is 1. The molecule has 1 amide bonds. The molecule has 0 radical (unpaired) electrons. The maximum Gasteiger partial charge on any atom is 0.241 e. The zero-order chi connectivity index (χ0) is 21.8. The number of carbonyl (C=O) groups excluding carboxylic acids is 1. The highest BCUT2D eigenvalue weighted by Gasteiger charge is 2.26. The van der Waals surface area contributed by atoms with Crippen molar-refractivity contribution in [2.45, 2.75) is 19.5 Å². The molecular formula is C25H28FN3O2. The van der Waals surface area contributed by atoms with Crippen LogP contribution in [-0.2, 0) is 11.3 Å². The molecule has 0 bridgehead atoms. The van der Waals surface area contributed by atoms with Crippen molar-refractivity contribution in [1.29, 1.82) is 0 Å². The van der Waals surface area contributed by atoms with Crippen molar-refractivity contribution in [2.24, 2.45) is 0 Å². The number of methoxy groups -OCH3 is 1. The molecule has 31 heavy (non-hydrogen) atoms. The van der Waals surface area contributed by atoms with E-state index in [-0.39, 0.29) is 23.5 Å². The van der Waals surface area contributed by atoms with Gasteiger partial charge < -0.3 is 10.1 Å². The highest BCUT2D eigenvalue weighted by Crippen LogP contribution is 2.24. The molecule has 5 nitrogen and oxygen atoms in total. The second-order valence-electron chi connectivity index (χ2n) is 7.97. The van der Waals surface area contributed by atoms with Crippen molar-refractivity contribution in [2.75, 3.05) is 38.6 Å². The fraction of sp³-hybridized carbons (Fsp3) is 0.320. The number of nitrogens with zero attached hydrogens (tertiary/aromatic N) is 2. The van der Waals surface area contributed by atoms with Gasteiger partial charge in [0, 0.05) is 43.8 Å². The van der Waals surface area contributed by atoms with Crippen molar-refractivity contribution < 1.29 is 13.9 Å². The number of hydrogen-bond donors (Lipinski definition) is 1. The molecule has 162 valence electrons. The van der Waals surface area contributed by atoms with Gasteiger partial charge in [0.2, 0.25) is 5.91 Å². The highest BCUT2D eigenvalue weighted by molar-refractivity contribution is 6.03. The number of anilines is 1. The smallest absolute Gasteiger partial charge is 0.241 e. The summed E-state index contributed by atoms with van der Waals surface area (Å²) in [7, 11) is 1.47. The number of carbonyl (C=O) groups is 1. The molecule has 1 N–H and O–H groups in total. The lowest BCUT2D eigenvalue weighted by molar-refractivity contribution is -0.121. The SMILES string of the molecule is COc1ccc(CN2CCN(C(C)C(=O)Nc3cccc4ccccc34)CC2)cc1F. The fourth-order valence-electron chi connectivity index (χ4n) is 4.11. The summed E-state index contributed by atoms with van der Waals surface area (Å²) in [6.07, 6.45) is 0. The minimum absolute atomic E-state index is 0.00188. The van der Waals surface area contributed by atoms with E-state index >= 15 is 0 Å². The van der Waals surface area contributed by atoms with E-state index in [2.05, 4.69) is 15.1 Å². The van der Waals surface area contributed by atoms with Gasteiger partial charge in [-0.2, -0.15) is 0 Å². The van der Waals surface area contributed by atoms with Crippen molar-refractivity contribution >= 4 is 22.4 Å². The Balaban J connectivity index is 1.33. The van der Waals surface area contributed by atoms with E-state index in [0.29, 0.717) is 6.54 Å². The zero-order valence-electron chi connectivity index (χ0n) is 18.0. The Hall–Kier alpha value is -2.96. The van der Waals surface area contributed by atoms with E-state index < -0.39 is 0 Å². The van der Waals surface area contributed by atoms with E-state index in [1.165, 1.54) is 13.2 Å². The van der Waals surface area contributed by atoms with E-state index in [1.54, 1.807) is 6.07 Å². The topological polar surface area (TPSA) is 44.8 Å². The van der Waals surface area contributed by atoms with Crippen LogP contribution in [0.15, 0.2) is 60.7 Å². The zero-order valence-corrected chi connectivity index (χ0v) is 18.0. The van der Waals surface area contributed by atoms with Crippen LogP contribution in [0.5, 0.6) is 5.75 Å². The van der Waals surface area contributed by atoms with E-state index in [0.717, 1.165) is 48.2 Å². The van der Waals surface area contributed by atoms with E-state index in [9.17, 15) is 9.18 Å². The predicted octanol–water partition coefficient (Wildman–Crippen LogP) is 4.13. The summed E-state index contributed by atoms with van der Waals surface area (Å²) in [5, 5.41) is 5.25. The molecule has 3 aromatic rings. The lowest BCUT2D eigenvalue weighted by Gasteiger charge is -2.37. The molecule has 1 aliphatic rings. The summed E-state index contributed by atoms with van der Waals surface area (Å²) in [5.41, 5.74) is 1.77. The molecular weight excluding hydrogens is 393 g/mol. The van der Waals surface area contributed by atoms with Crippen molar-refractivity contribution in [3.63, 3.8) is 0 Å². The van der Waals surface area contributed by atoms with Crippen LogP contribution >= 0.6 is 0 Å². The molecule has 1 atom stereocenters. The third-order valence-corrected chi connectivity index (χ3v) is 6.00. The summed E-state index contributed by atoms with van der Waals surface area (Å²) in [6, 6.07) is 18.9. The standard InChI is InChI=1S/C25H28FN3O2/c1-18(25(30)27-23-9-5-7-20-6-3-4-8-21(20)23)29-14-12-28(13-15-29)17-19-10-11-24(31-2)22(26)16-19/h3-11,16,18H,12-15,17H2,1-2H3,(H,27,30). The summed E-state index contributed by atoms with van der Waals surface area (Å²) in [5.74, 6) is -0.0704. The van der Waals surface area contributed by atoms with Crippen LogP contribution < -0.4 is 10.1 Å². The van der Waals surface area contributed by atoms with Gasteiger partial charge in [0.25, 0.3) is 0 Å². The summed E-state index contributed by atoms with van der Waals surface area (Å²) < 4.78 is 18.9. The summed E-state index contributed by atoms with van der Waals surface area (Å²) in [6.45, 7) is 5.89. The Kier molecular flexibility index (Phi) is 6.49. The number of fused-ring (bicyclic) bond motifs is 1. The second kappa shape index (κ2) is 9.45. The Morgan fingerprint density at radius 3 is 2.55 bits per heavy atom. The molecule has 1 aliphatic heterocycles. The number of ether oxygens (including phenoxy) is 1. The quantitative estimate of drug-likeness (QED) is 0.650. The maximum absolute atomic E-state index is 13.9. The Labute approximate surface area is 182 Å². The molecule has 6 heteroatoms. The summed E-state index contributed by atoms with van der Waals surface area (Å²) in [4.78, 5) is 17.4. The van der Waals surface area contributed by atoms with Gasteiger partial charge in [-0.15, -0.1) is 0 Å². The molecule has 1 unspecified atom stereocenters. The molecule has 4 rings (SSSR count). The number of halogens is 1. The van der Waals surface area contributed by atoms with Crippen LogP contribution in [0, 0.1) is 5.82 Å². The van der Waals surface area contributed by atoms with Gasteiger partial charge >= 0.3 is 0 Å². The van der Waals surface area contributed by atoms with Gasteiger partial charge in [-0.05, 0) is 36.1 Å². The normalized spacial score (nSPS) is 16.2. The number of nitrogens with one attached hydrogen (secondary N) is 1. The van der Waals surface area contributed by atoms with Gasteiger partial charge in [-0.1, -0.05) is 42.5 Å². The average Bonchev–Trinajstić information content (AvgIpc) is 2.79. The molecule has 0 spiro atoms. The van der Waals surface area contributed by atoms with Crippen LogP contribution in [0.2, 0.25) is 0 Å². The third kappa shape index (κ3) is 4.86. The highest BCUT2D eigenvalue weighted by atomic mass is 19.1. The number of piperazine rings is 1. The Morgan fingerprint density at radius 1 is 1.06 bits per heavy atom. The molecule has 3 aromatic carbocycles. The molecule has 0 aromatic heterocycles.